The number of hydrogen-bond donors (Lipinski definition) is 1. The Kier molecular flexibility index (Phi) is 3.46. The Labute approximate surface area is 94.9 Å². The van der Waals surface area contributed by atoms with Crippen LogP contribution in [0.3, 0.4) is 0 Å². The molecule has 1 saturated heterocycles. The van der Waals surface area contributed by atoms with Gasteiger partial charge < -0.3 is 10.2 Å². The van der Waals surface area contributed by atoms with E-state index in [0.29, 0.717) is 11.7 Å². The number of carbonyl (C=O) groups is 1. The first kappa shape index (κ1) is 11.0. The Bertz CT molecular complexity index is 346. The Morgan fingerprint density at radius 1 is 1.44 bits per heavy atom. The lowest BCUT2D eigenvalue weighted by Crippen LogP contribution is -2.44. The fraction of sp³-hybridized carbons (Fsp3) is 0.545. The molecule has 16 heavy (non-hydrogen) atoms. The van der Waals surface area contributed by atoms with Crippen LogP contribution in [0.25, 0.3) is 0 Å². The predicted octanol–water partition coefficient (Wildman–Crippen LogP) is 0.301. The van der Waals surface area contributed by atoms with Crippen molar-refractivity contribution in [3.05, 3.63) is 24.3 Å². The molecule has 1 aliphatic rings. The second kappa shape index (κ2) is 5.03. The first-order chi connectivity index (χ1) is 7.81. The Hall–Kier alpha value is -1.49. The van der Waals surface area contributed by atoms with Crippen LogP contribution in [0.15, 0.2) is 18.6 Å². The van der Waals surface area contributed by atoms with Gasteiger partial charge >= 0.3 is 0 Å². The summed E-state index contributed by atoms with van der Waals surface area (Å²) in [6.07, 6.45) is 6.65. The van der Waals surface area contributed by atoms with Crippen LogP contribution in [0.5, 0.6) is 0 Å². The molecule has 2 rings (SSSR count). The fourth-order valence-electron chi connectivity index (χ4n) is 1.94. The maximum atomic E-state index is 12.0. The third-order valence-corrected chi connectivity index (χ3v) is 2.97. The van der Waals surface area contributed by atoms with Gasteiger partial charge in [0, 0.05) is 31.5 Å². The number of nitrogens with one attached hydrogen (secondary N) is 1. The van der Waals surface area contributed by atoms with Gasteiger partial charge in [0.15, 0.2) is 0 Å². The second-order valence-corrected chi connectivity index (χ2v) is 3.95. The van der Waals surface area contributed by atoms with E-state index in [0.717, 1.165) is 25.9 Å². The summed E-state index contributed by atoms with van der Waals surface area (Å²) < 4.78 is 0. The van der Waals surface area contributed by atoms with Crippen LogP contribution in [0.4, 0.5) is 0 Å². The molecule has 1 fully saturated rings. The molecule has 1 amide bonds. The molecule has 0 spiro atoms. The maximum absolute atomic E-state index is 12.0. The van der Waals surface area contributed by atoms with Gasteiger partial charge in [-0.15, -0.1) is 0 Å². The van der Waals surface area contributed by atoms with Crippen molar-refractivity contribution in [1.29, 1.82) is 0 Å². The quantitative estimate of drug-likeness (QED) is 0.779. The molecular weight excluding hydrogens is 204 g/mol. The first-order valence-electron chi connectivity index (χ1n) is 5.54. The van der Waals surface area contributed by atoms with Gasteiger partial charge in [-0.05, 0) is 19.9 Å². The van der Waals surface area contributed by atoms with Crippen LogP contribution in [0.1, 0.15) is 23.3 Å². The van der Waals surface area contributed by atoms with E-state index in [1.165, 1.54) is 6.20 Å². The number of aromatic nitrogens is 2. The third kappa shape index (κ3) is 2.36. The normalized spacial score (nSPS) is 17.4. The topological polar surface area (TPSA) is 58.1 Å². The molecule has 5 nitrogen and oxygen atoms in total. The number of piperidine rings is 1. The summed E-state index contributed by atoms with van der Waals surface area (Å²) in [6, 6.07) is 0.533. The molecule has 2 heterocycles. The minimum atomic E-state index is -0.0114. The van der Waals surface area contributed by atoms with Crippen molar-refractivity contribution in [2.24, 2.45) is 0 Å². The standard InChI is InChI=1S/C11H16N4O/c1-12-9-2-6-15(7-3-9)11(16)10-8-13-4-5-14-10/h4-5,8-9,12H,2-3,6-7H2,1H3. The highest BCUT2D eigenvalue weighted by Crippen LogP contribution is 2.12. The lowest BCUT2D eigenvalue weighted by atomic mass is 10.1. The lowest BCUT2D eigenvalue weighted by Gasteiger charge is -2.31. The van der Waals surface area contributed by atoms with Crippen molar-refractivity contribution in [3.63, 3.8) is 0 Å². The minimum Gasteiger partial charge on any atom is -0.337 e. The van der Waals surface area contributed by atoms with Crippen molar-refractivity contribution in [2.75, 3.05) is 20.1 Å². The molecular formula is C11H16N4O. The molecule has 1 aromatic rings. The number of amides is 1. The van der Waals surface area contributed by atoms with E-state index in [4.69, 9.17) is 0 Å². The second-order valence-electron chi connectivity index (χ2n) is 3.95. The molecule has 0 saturated carbocycles. The SMILES string of the molecule is CNC1CCN(C(=O)c2cnccn2)CC1. The van der Waals surface area contributed by atoms with Crippen molar-refractivity contribution in [2.45, 2.75) is 18.9 Å². The molecule has 1 aliphatic heterocycles. The highest BCUT2D eigenvalue weighted by molar-refractivity contribution is 5.92. The zero-order chi connectivity index (χ0) is 11.4. The number of nitrogens with zero attached hydrogens (tertiary/aromatic N) is 3. The molecule has 0 bridgehead atoms. The van der Waals surface area contributed by atoms with Crippen molar-refractivity contribution < 1.29 is 4.79 Å². The largest absolute Gasteiger partial charge is 0.337 e. The maximum Gasteiger partial charge on any atom is 0.274 e. The molecule has 0 atom stereocenters. The highest BCUT2D eigenvalue weighted by atomic mass is 16.2. The highest BCUT2D eigenvalue weighted by Gasteiger charge is 2.23. The zero-order valence-corrected chi connectivity index (χ0v) is 9.39. The average Bonchev–Trinajstić information content (AvgIpc) is 2.39. The zero-order valence-electron chi connectivity index (χ0n) is 9.39. The minimum absolute atomic E-state index is 0.0114. The molecule has 86 valence electrons. The van der Waals surface area contributed by atoms with Gasteiger partial charge in [0.25, 0.3) is 5.91 Å². The van der Waals surface area contributed by atoms with Gasteiger partial charge in [0.05, 0.1) is 6.20 Å². The van der Waals surface area contributed by atoms with E-state index in [9.17, 15) is 4.79 Å². The number of hydrogen-bond acceptors (Lipinski definition) is 4. The van der Waals surface area contributed by atoms with Crippen molar-refractivity contribution >= 4 is 5.91 Å². The van der Waals surface area contributed by atoms with Gasteiger partial charge in [-0.3, -0.25) is 9.78 Å². The molecule has 0 aliphatic carbocycles. The third-order valence-electron chi connectivity index (χ3n) is 2.97. The van der Waals surface area contributed by atoms with Crippen LogP contribution in [0, 0.1) is 0 Å². The fourth-order valence-corrected chi connectivity index (χ4v) is 1.94. The molecule has 5 heteroatoms. The molecule has 0 unspecified atom stereocenters. The van der Waals surface area contributed by atoms with Crippen LogP contribution < -0.4 is 5.32 Å². The van der Waals surface area contributed by atoms with Gasteiger partial charge in [-0.1, -0.05) is 0 Å². The molecule has 1 aromatic heterocycles. The smallest absolute Gasteiger partial charge is 0.274 e. The first-order valence-corrected chi connectivity index (χ1v) is 5.54. The lowest BCUT2D eigenvalue weighted by molar-refractivity contribution is 0.0701. The summed E-state index contributed by atoms with van der Waals surface area (Å²) in [5, 5.41) is 3.24. The summed E-state index contributed by atoms with van der Waals surface area (Å²) in [7, 11) is 1.96. The van der Waals surface area contributed by atoms with Crippen LogP contribution >= 0.6 is 0 Å². The summed E-state index contributed by atoms with van der Waals surface area (Å²) in [5.41, 5.74) is 0.436. The summed E-state index contributed by atoms with van der Waals surface area (Å²) in [4.78, 5) is 21.8. The van der Waals surface area contributed by atoms with Crippen molar-refractivity contribution in [3.8, 4) is 0 Å². The van der Waals surface area contributed by atoms with E-state index >= 15 is 0 Å². The Balaban J connectivity index is 1.97. The monoisotopic (exact) mass is 220 g/mol. The van der Waals surface area contributed by atoms with Crippen LogP contribution in [-0.4, -0.2) is 47.0 Å². The van der Waals surface area contributed by atoms with E-state index in [-0.39, 0.29) is 5.91 Å². The van der Waals surface area contributed by atoms with Crippen LogP contribution in [0.2, 0.25) is 0 Å². The Morgan fingerprint density at radius 3 is 2.75 bits per heavy atom. The number of rotatable bonds is 2. The summed E-state index contributed by atoms with van der Waals surface area (Å²) >= 11 is 0. The number of likely N-dealkylation sites (tertiary alicyclic amines) is 1. The summed E-state index contributed by atoms with van der Waals surface area (Å²) in [6.45, 7) is 1.59. The van der Waals surface area contributed by atoms with E-state index < -0.39 is 0 Å². The predicted molar refractivity (Wildman–Crippen MR) is 60.0 cm³/mol. The Morgan fingerprint density at radius 2 is 2.19 bits per heavy atom. The van der Waals surface area contributed by atoms with Crippen LogP contribution in [-0.2, 0) is 0 Å². The molecule has 0 radical (unpaired) electrons. The van der Waals surface area contributed by atoms with E-state index in [2.05, 4.69) is 15.3 Å². The number of carbonyl (C=O) groups excluding carboxylic acids is 1. The molecule has 1 N–H and O–H groups in total. The van der Waals surface area contributed by atoms with Gasteiger partial charge in [-0.2, -0.15) is 0 Å². The van der Waals surface area contributed by atoms with Crippen molar-refractivity contribution in [1.82, 2.24) is 20.2 Å². The van der Waals surface area contributed by atoms with Gasteiger partial charge in [0.2, 0.25) is 0 Å². The molecule has 0 aromatic carbocycles. The average molecular weight is 220 g/mol. The van der Waals surface area contributed by atoms with Gasteiger partial charge in [-0.25, -0.2) is 4.98 Å². The van der Waals surface area contributed by atoms with E-state index in [1.54, 1.807) is 12.4 Å². The summed E-state index contributed by atoms with van der Waals surface area (Å²) in [5.74, 6) is -0.0114. The van der Waals surface area contributed by atoms with E-state index in [1.807, 2.05) is 11.9 Å². The van der Waals surface area contributed by atoms with Gasteiger partial charge in [0.1, 0.15) is 5.69 Å².